The number of unbranched alkanes of at least 4 members (excludes halogenated alkanes) is 5. The van der Waals surface area contributed by atoms with Crippen LogP contribution in [0.1, 0.15) is 78.1 Å². The average molecular weight is 419 g/mol. The van der Waals surface area contributed by atoms with E-state index >= 15 is 0 Å². The van der Waals surface area contributed by atoms with Gasteiger partial charge in [0.05, 0.1) is 6.10 Å². The maximum atomic E-state index is 12.1. The summed E-state index contributed by atoms with van der Waals surface area (Å²) in [7, 11) is 0. The van der Waals surface area contributed by atoms with Crippen LogP contribution in [0.25, 0.3) is 0 Å². The fraction of sp³-hybridized carbons (Fsp3) is 0.640. The Labute approximate surface area is 181 Å². The van der Waals surface area contributed by atoms with Gasteiger partial charge in [-0.2, -0.15) is 0 Å². The molecule has 0 radical (unpaired) electrons. The van der Waals surface area contributed by atoms with Gasteiger partial charge in [0.15, 0.2) is 11.6 Å². The Balaban J connectivity index is 2.19. The summed E-state index contributed by atoms with van der Waals surface area (Å²) in [6, 6.07) is 0. The Morgan fingerprint density at radius 2 is 1.83 bits per heavy atom. The zero-order valence-corrected chi connectivity index (χ0v) is 18.6. The number of allylic oxidation sites excluding steroid dienone is 6. The van der Waals surface area contributed by atoms with Gasteiger partial charge in [-0.05, 0) is 51.5 Å². The molecule has 5 nitrogen and oxygen atoms in total. The van der Waals surface area contributed by atoms with Crippen LogP contribution in [0.15, 0.2) is 36.5 Å². The first-order valence-corrected chi connectivity index (χ1v) is 11.3. The van der Waals surface area contributed by atoms with Gasteiger partial charge in [-0.25, -0.2) is 0 Å². The average Bonchev–Trinajstić information content (AvgIpc) is 3.04. The van der Waals surface area contributed by atoms with Gasteiger partial charge < -0.3 is 9.84 Å². The van der Waals surface area contributed by atoms with Gasteiger partial charge in [-0.3, -0.25) is 14.4 Å². The van der Waals surface area contributed by atoms with E-state index in [4.69, 9.17) is 0 Å². The van der Waals surface area contributed by atoms with Crippen LogP contribution in [0.3, 0.4) is 0 Å². The minimum Gasteiger partial charge on any atom is -0.458 e. The topological polar surface area (TPSA) is 80.7 Å². The first-order chi connectivity index (χ1) is 14.4. The van der Waals surface area contributed by atoms with Crippen LogP contribution in [-0.4, -0.2) is 35.4 Å². The lowest BCUT2D eigenvalue weighted by Crippen LogP contribution is -2.13. The molecule has 0 saturated heterocycles. The molecule has 0 aliphatic heterocycles. The zero-order chi connectivity index (χ0) is 22.2. The van der Waals surface area contributed by atoms with Crippen LogP contribution in [0.2, 0.25) is 0 Å². The van der Waals surface area contributed by atoms with Crippen LogP contribution >= 0.6 is 0 Å². The molecule has 0 bridgehead atoms. The molecule has 1 unspecified atom stereocenters. The van der Waals surface area contributed by atoms with Crippen molar-refractivity contribution in [2.45, 2.75) is 84.2 Å². The lowest BCUT2D eigenvalue weighted by Gasteiger charge is -2.12. The molecule has 0 aromatic heterocycles. The number of ketones is 2. The summed E-state index contributed by atoms with van der Waals surface area (Å²) in [5, 5.41) is 9.24. The third-order valence-electron chi connectivity index (χ3n) is 5.23. The number of esters is 1. The number of hydrogen-bond donors (Lipinski definition) is 1. The van der Waals surface area contributed by atoms with Crippen molar-refractivity contribution >= 4 is 17.5 Å². The molecule has 30 heavy (non-hydrogen) atoms. The van der Waals surface area contributed by atoms with Gasteiger partial charge in [0.1, 0.15) is 6.61 Å². The fourth-order valence-corrected chi connectivity index (χ4v) is 3.47. The second-order valence-corrected chi connectivity index (χ2v) is 8.13. The monoisotopic (exact) mass is 418 g/mol. The summed E-state index contributed by atoms with van der Waals surface area (Å²) in [5.74, 6) is -0.169. The smallest absolute Gasteiger partial charge is 0.303 e. The molecule has 0 heterocycles. The molecule has 1 rings (SSSR count). The summed E-state index contributed by atoms with van der Waals surface area (Å²) < 4.78 is 4.68. The first-order valence-electron chi connectivity index (χ1n) is 11.3. The number of rotatable bonds is 16. The third-order valence-corrected chi connectivity index (χ3v) is 5.23. The number of carbonyl (C=O) groups is 3. The van der Waals surface area contributed by atoms with Crippen LogP contribution in [0.4, 0.5) is 0 Å². The van der Waals surface area contributed by atoms with E-state index in [0.717, 1.165) is 38.5 Å². The van der Waals surface area contributed by atoms with Gasteiger partial charge in [0.2, 0.25) is 0 Å². The molecule has 0 aromatic rings. The lowest BCUT2D eigenvalue weighted by molar-refractivity contribution is -0.145. The van der Waals surface area contributed by atoms with Crippen LogP contribution in [0, 0.1) is 11.8 Å². The van der Waals surface area contributed by atoms with Gasteiger partial charge in [0.25, 0.3) is 0 Å². The summed E-state index contributed by atoms with van der Waals surface area (Å²) in [4.78, 5) is 34.3. The highest BCUT2D eigenvalue weighted by Gasteiger charge is 2.26. The molecule has 0 spiro atoms. The standard InChI is InChI=1S/C25H38O5/c1-20(26)13-9-5-3-4-6-10-14-22-17-18-25(29)24(22)16-12-8-7-11-15-23(28)19-30-21(2)27/h8,10,12,14,17-18,20,22,24,26H,3-7,9,11,13,15-16,19H2,1-2H3/t20?,22-,24+/m0/s1. The maximum Gasteiger partial charge on any atom is 0.303 e. The number of ether oxygens (including phenoxy) is 1. The van der Waals surface area contributed by atoms with E-state index in [2.05, 4.69) is 16.9 Å². The Morgan fingerprint density at radius 3 is 2.57 bits per heavy atom. The van der Waals surface area contributed by atoms with E-state index in [-0.39, 0.29) is 36.1 Å². The number of aliphatic hydroxyl groups is 1. The van der Waals surface area contributed by atoms with E-state index in [0.29, 0.717) is 19.3 Å². The first kappa shape index (κ1) is 26.0. The van der Waals surface area contributed by atoms with Crippen LogP contribution < -0.4 is 0 Å². The largest absolute Gasteiger partial charge is 0.458 e. The van der Waals surface area contributed by atoms with Crippen molar-refractivity contribution in [2.24, 2.45) is 11.8 Å². The van der Waals surface area contributed by atoms with Crippen molar-refractivity contribution in [1.82, 2.24) is 0 Å². The van der Waals surface area contributed by atoms with Crippen molar-refractivity contribution in [3.63, 3.8) is 0 Å². The number of Topliss-reactive ketones (excluding diaryl/α,β-unsaturated/α-hetero) is 1. The van der Waals surface area contributed by atoms with Gasteiger partial charge in [0, 0.05) is 25.2 Å². The third kappa shape index (κ3) is 12.5. The summed E-state index contributed by atoms with van der Waals surface area (Å²) in [6.07, 6.45) is 20.9. The minimum atomic E-state index is -0.436. The Morgan fingerprint density at radius 1 is 1.10 bits per heavy atom. The highest BCUT2D eigenvalue weighted by Crippen LogP contribution is 2.27. The van der Waals surface area contributed by atoms with E-state index in [1.165, 1.54) is 13.3 Å². The molecular weight excluding hydrogens is 380 g/mol. The van der Waals surface area contributed by atoms with Crippen molar-refractivity contribution in [3.8, 4) is 0 Å². The quantitative estimate of drug-likeness (QED) is 0.219. The number of aliphatic hydroxyl groups excluding tert-OH is 1. The second kappa shape index (κ2) is 15.8. The van der Waals surface area contributed by atoms with Crippen LogP contribution in [0.5, 0.6) is 0 Å². The minimum absolute atomic E-state index is 0.0193. The normalized spacial score (nSPS) is 19.8. The molecule has 0 aromatic carbocycles. The predicted molar refractivity (Wildman–Crippen MR) is 119 cm³/mol. The van der Waals surface area contributed by atoms with E-state index < -0.39 is 5.97 Å². The Hall–Kier alpha value is -2.01. The number of hydrogen-bond acceptors (Lipinski definition) is 5. The number of carbonyl (C=O) groups excluding carboxylic acids is 3. The second-order valence-electron chi connectivity index (χ2n) is 8.13. The molecule has 0 fully saturated rings. The lowest BCUT2D eigenvalue weighted by atomic mass is 9.90. The fourth-order valence-electron chi connectivity index (χ4n) is 3.47. The summed E-state index contributed by atoms with van der Waals surface area (Å²) >= 11 is 0. The maximum absolute atomic E-state index is 12.1. The molecule has 1 aliphatic carbocycles. The highest BCUT2D eigenvalue weighted by atomic mass is 16.5. The summed E-state index contributed by atoms with van der Waals surface area (Å²) in [6.45, 7) is 2.98. The molecule has 3 atom stereocenters. The predicted octanol–water partition coefficient (Wildman–Crippen LogP) is 4.88. The van der Waals surface area contributed by atoms with Crippen molar-refractivity contribution in [1.29, 1.82) is 0 Å². The molecule has 168 valence electrons. The van der Waals surface area contributed by atoms with Crippen molar-refractivity contribution in [3.05, 3.63) is 36.5 Å². The van der Waals surface area contributed by atoms with E-state index in [9.17, 15) is 19.5 Å². The Bertz CT molecular complexity index is 615. The molecule has 0 amide bonds. The van der Waals surface area contributed by atoms with Gasteiger partial charge in [-0.15, -0.1) is 0 Å². The molecular formula is C25H38O5. The van der Waals surface area contributed by atoms with E-state index in [1.54, 1.807) is 6.08 Å². The zero-order valence-electron chi connectivity index (χ0n) is 18.6. The highest BCUT2D eigenvalue weighted by molar-refractivity contribution is 5.95. The molecule has 0 saturated carbocycles. The van der Waals surface area contributed by atoms with Gasteiger partial charge >= 0.3 is 5.97 Å². The van der Waals surface area contributed by atoms with Crippen molar-refractivity contribution < 1.29 is 24.2 Å². The van der Waals surface area contributed by atoms with E-state index in [1.807, 2.05) is 25.2 Å². The molecule has 1 aliphatic rings. The summed E-state index contributed by atoms with van der Waals surface area (Å²) in [5.41, 5.74) is 0. The SMILES string of the molecule is CC(=O)OCC(=O)CCCC=CC[C@H]1C(=O)C=C[C@@H]1C=CCCCCCCC(C)O. The molecule has 1 N–H and O–H groups in total. The Kier molecular flexibility index (Phi) is 13.7. The molecule has 5 heteroatoms. The van der Waals surface area contributed by atoms with Gasteiger partial charge in [-0.1, -0.05) is 49.6 Å². The van der Waals surface area contributed by atoms with Crippen LogP contribution in [-0.2, 0) is 19.1 Å². The van der Waals surface area contributed by atoms with Crippen molar-refractivity contribution in [2.75, 3.05) is 6.61 Å².